The molecule has 0 bridgehead atoms. The van der Waals surface area contributed by atoms with Crippen LogP contribution in [-0.4, -0.2) is 82.3 Å². The fourth-order valence-corrected chi connectivity index (χ4v) is 9.79. The Hall–Kier alpha value is -6.34. The van der Waals surface area contributed by atoms with Gasteiger partial charge in [-0.05, 0) is 71.6 Å². The molecule has 0 radical (unpaired) electrons. The van der Waals surface area contributed by atoms with Crippen molar-refractivity contribution in [3.63, 3.8) is 0 Å². The minimum Gasteiger partial charge on any atom is -0.469 e. The maximum absolute atomic E-state index is 14.0. The first-order valence-corrected chi connectivity index (χ1v) is 21.6. The molecule has 0 unspecified atom stereocenters. The van der Waals surface area contributed by atoms with Crippen molar-refractivity contribution in [1.29, 1.82) is 0 Å². The van der Waals surface area contributed by atoms with E-state index < -0.39 is 18.1 Å². The van der Waals surface area contributed by atoms with Crippen LogP contribution in [0, 0.1) is 11.8 Å². The molecular weight excluding hydrogens is 806 g/mol. The number of hydrogen-bond acceptors (Lipinski definition) is 9. The summed E-state index contributed by atoms with van der Waals surface area (Å²) in [4.78, 5) is 73.5. The average Bonchev–Trinajstić information content (AvgIpc) is 4.11. The number of aromatic amines is 1. The monoisotopic (exact) mass is 853 g/mol. The first-order valence-electron chi connectivity index (χ1n) is 21.2. The number of hydrogen-bond donors (Lipinski definition) is 2. The van der Waals surface area contributed by atoms with E-state index in [4.69, 9.17) is 36.0 Å². The van der Waals surface area contributed by atoms with Gasteiger partial charge in [0.25, 0.3) is 0 Å². The lowest BCUT2D eigenvalue weighted by Crippen LogP contribution is -2.53. The Balaban J connectivity index is 0.885. The molecule has 1 fully saturated rings. The number of anilines is 1. The van der Waals surface area contributed by atoms with Gasteiger partial charge in [-0.2, -0.15) is 0 Å². The summed E-state index contributed by atoms with van der Waals surface area (Å²) in [5, 5.41) is 4.10. The number of carbonyl (C=O) groups excluding carboxylic acids is 4. The number of methoxy groups -OCH3 is 2. The van der Waals surface area contributed by atoms with Gasteiger partial charge >= 0.3 is 12.1 Å². The van der Waals surface area contributed by atoms with Crippen molar-refractivity contribution in [2.75, 3.05) is 25.7 Å². The molecule has 62 heavy (non-hydrogen) atoms. The molecule has 5 aromatic rings. The van der Waals surface area contributed by atoms with Crippen molar-refractivity contribution < 1.29 is 28.7 Å². The number of benzene rings is 3. The normalized spacial score (nSPS) is 20.1. The highest BCUT2D eigenvalue weighted by atomic mass is 35.5. The summed E-state index contributed by atoms with van der Waals surface area (Å²) in [6.07, 6.45) is 7.14. The van der Waals surface area contributed by atoms with Crippen LogP contribution < -0.4 is 10.2 Å². The Labute approximate surface area is 364 Å². The fraction of sp³-hybridized carbons (Fsp3) is 0.354. The predicted octanol–water partition coefficient (Wildman–Crippen LogP) is 8.17. The summed E-state index contributed by atoms with van der Waals surface area (Å²) in [5.41, 5.74) is 10.5. The zero-order chi connectivity index (χ0) is 43.2. The van der Waals surface area contributed by atoms with Crippen LogP contribution in [0.1, 0.15) is 74.5 Å². The zero-order valence-corrected chi connectivity index (χ0v) is 35.9. The number of ether oxygens (including phenoxy) is 2. The summed E-state index contributed by atoms with van der Waals surface area (Å²) in [7, 11) is 2.64. The number of alkyl carbamates (subject to hydrolysis) is 1. The number of nitrogens with zero attached hydrogens (tertiary/aromatic N) is 5. The summed E-state index contributed by atoms with van der Waals surface area (Å²) < 4.78 is 9.71. The van der Waals surface area contributed by atoms with Crippen LogP contribution in [0.3, 0.4) is 0 Å². The number of halogens is 1. The van der Waals surface area contributed by atoms with E-state index in [0.29, 0.717) is 43.2 Å². The second-order valence-corrected chi connectivity index (χ2v) is 17.2. The van der Waals surface area contributed by atoms with Crippen molar-refractivity contribution in [2.24, 2.45) is 16.8 Å². The van der Waals surface area contributed by atoms with Gasteiger partial charge < -0.3 is 29.6 Å². The van der Waals surface area contributed by atoms with E-state index in [1.54, 1.807) is 6.20 Å². The predicted molar refractivity (Wildman–Crippen MR) is 237 cm³/mol. The number of aromatic nitrogens is 3. The molecule has 0 spiro atoms. The molecule has 2 N–H and O–H groups in total. The zero-order valence-electron chi connectivity index (χ0n) is 35.1. The number of H-pyrrole nitrogens is 1. The molecule has 14 heteroatoms. The van der Waals surface area contributed by atoms with E-state index in [2.05, 4.69) is 71.0 Å². The highest BCUT2D eigenvalue weighted by Crippen LogP contribution is 2.46. The third-order valence-corrected chi connectivity index (χ3v) is 13.1. The van der Waals surface area contributed by atoms with Gasteiger partial charge in [-0.25, -0.2) is 14.8 Å². The molecule has 318 valence electrons. The first-order chi connectivity index (χ1) is 30.0. The average molecular weight is 854 g/mol. The number of amides is 3. The number of pyridine rings is 1. The van der Waals surface area contributed by atoms with Gasteiger partial charge in [-0.1, -0.05) is 80.0 Å². The highest BCUT2D eigenvalue weighted by molar-refractivity contribution is 6.35. The van der Waals surface area contributed by atoms with Crippen LogP contribution in [0.15, 0.2) is 89.3 Å². The highest BCUT2D eigenvalue weighted by Gasteiger charge is 2.43. The Morgan fingerprint density at radius 1 is 0.903 bits per heavy atom. The number of fused-ring (bicyclic) bond motifs is 1. The molecule has 4 atom stereocenters. The minimum atomic E-state index is -0.701. The Morgan fingerprint density at radius 3 is 2.45 bits per heavy atom. The van der Waals surface area contributed by atoms with Crippen molar-refractivity contribution in [3.05, 3.63) is 107 Å². The van der Waals surface area contributed by atoms with Crippen LogP contribution >= 0.6 is 11.6 Å². The number of aryl methyl sites for hydroxylation is 1. The number of para-hydroxylation sites is 1. The molecule has 1 saturated heterocycles. The van der Waals surface area contributed by atoms with Crippen molar-refractivity contribution in [3.8, 4) is 22.4 Å². The van der Waals surface area contributed by atoms with E-state index in [9.17, 15) is 19.2 Å². The van der Waals surface area contributed by atoms with E-state index in [0.717, 1.165) is 79.8 Å². The molecule has 4 aliphatic heterocycles. The van der Waals surface area contributed by atoms with E-state index in [1.165, 1.54) is 14.2 Å². The van der Waals surface area contributed by atoms with Gasteiger partial charge in [0.15, 0.2) is 0 Å². The largest absolute Gasteiger partial charge is 0.469 e. The summed E-state index contributed by atoms with van der Waals surface area (Å²) in [5.74, 6) is -0.497. The van der Waals surface area contributed by atoms with Gasteiger partial charge in [0, 0.05) is 53.7 Å². The molecule has 0 saturated carbocycles. The SMILES string of the molecule is COC(=O)C[C@H]1CCc2cccc3c2N(C1=O)[C@H](c1ncc(-c2cnc4cc(-c5ccc(C6=C(Cl)N=C([C@@H]7CCCN7C(=O)[C@@H](NC(=O)OC)C(C)C)C6)cc5)ccc4c2)[nH]1)C3. The molecule has 6 heterocycles. The summed E-state index contributed by atoms with van der Waals surface area (Å²) >= 11 is 6.78. The molecule has 2 aromatic heterocycles. The Morgan fingerprint density at radius 2 is 1.68 bits per heavy atom. The fourth-order valence-electron chi connectivity index (χ4n) is 9.50. The molecule has 3 aromatic carbocycles. The topological polar surface area (TPSA) is 159 Å². The van der Waals surface area contributed by atoms with Crippen LogP contribution in [-0.2, 0) is 36.7 Å². The van der Waals surface area contributed by atoms with Gasteiger partial charge in [0.1, 0.15) is 17.0 Å². The lowest BCUT2D eigenvalue weighted by Gasteiger charge is -2.31. The number of carbonyl (C=O) groups is 4. The van der Waals surface area contributed by atoms with Crippen LogP contribution in [0.25, 0.3) is 38.9 Å². The van der Waals surface area contributed by atoms with E-state index in [-0.39, 0.29) is 42.2 Å². The van der Waals surface area contributed by atoms with Crippen LogP contribution in [0.2, 0.25) is 0 Å². The molecule has 4 aliphatic rings. The standard InChI is InChI=1S/C48H48ClN7O6/c1-26(2)42(54-48(60)62-4)47(59)55-18-6-9-39(55)37-23-35(44(49)52-37)28-12-10-27(11-13-28)30-15-16-31-19-34(24-50-36(31)20-30)38-25-51-45(53-38)40-21-32-8-5-7-29-14-17-33(22-41(57)61-3)46(58)56(40)43(29)32/h5,7-8,10-13,15-16,19-20,24-26,33,39-40,42H,6,9,14,17-18,21-23H2,1-4H3,(H,51,53)(H,54,60)/t33-,39+,40+,42+/m1/s1. The number of aliphatic imine (C=N–C) groups is 1. The molecule has 13 nitrogen and oxygen atoms in total. The van der Waals surface area contributed by atoms with Crippen LogP contribution in [0.5, 0.6) is 0 Å². The second-order valence-electron chi connectivity index (χ2n) is 16.9. The van der Waals surface area contributed by atoms with Gasteiger partial charge in [-0.3, -0.25) is 19.4 Å². The number of imidazole rings is 1. The smallest absolute Gasteiger partial charge is 0.407 e. The molecular formula is C48H48ClN7O6. The maximum atomic E-state index is 14.0. The summed E-state index contributed by atoms with van der Waals surface area (Å²) in [6.45, 7) is 4.39. The number of esters is 1. The van der Waals surface area contributed by atoms with E-state index in [1.807, 2.05) is 35.9 Å². The van der Waals surface area contributed by atoms with E-state index >= 15 is 0 Å². The Bertz CT molecular complexity index is 2670. The number of allylic oxidation sites excluding steroid dienone is 1. The first kappa shape index (κ1) is 41.0. The third-order valence-electron chi connectivity index (χ3n) is 12.8. The molecule has 0 aliphatic carbocycles. The van der Waals surface area contributed by atoms with Gasteiger partial charge in [0.05, 0.1) is 55.8 Å². The Kier molecular flexibility index (Phi) is 11.1. The second kappa shape index (κ2) is 16.8. The minimum absolute atomic E-state index is 0.0514. The lowest BCUT2D eigenvalue weighted by atomic mass is 9.95. The van der Waals surface area contributed by atoms with Crippen molar-refractivity contribution in [1.82, 2.24) is 25.2 Å². The number of nitrogens with one attached hydrogen (secondary N) is 2. The van der Waals surface area contributed by atoms with Crippen molar-refractivity contribution in [2.45, 2.75) is 76.9 Å². The van der Waals surface area contributed by atoms with Gasteiger partial charge in [-0.15, -0.1) is 0 Å². The molecule has 3 amide bonds. The third kappa shape index (κ3) is 7.63. The lowest BCUT2D eigenvalue weighted by molar-refractivity contribution is -0.144. The van der Waals surface area contributed by atoms with Crippen LogP contribution in [0.4, 0.5) is 10.5 Å². The van der Waals surface area contributed by atoms with Crippen molar-refractivity contribution >= 4 is 63.4 Å². The number of likely N-dealkylation sites (tertiary alicyclic amines) is 1. The van der Waals surface area contributed by atoms with Gasteiger partial charge in [0.2, 0.25) is 11.8 Å². The summed E-state index contributed by atoms with van der Waals surface area (Å²) in [6, 6.07) is 21.5. The maximum Gasteiger partial charge on any atom is 0.407 e. The quantitative estimate of drug-likeness (QED) is 0.105. The molecule has 9 rings (SSSR count). The number of rotatable bonds is 10.